The summed E-state index contributed by atoms with van der Waals surface area (Å²) >= 11 is 12.7. The molecule has 222 valence electrons. The van der Waals surface area contributed by atoms with Crippen LogP contribution in [0.5, 0.6) is 0 Å². The molecule has 2 atom stereocenters. The number of carbonyl (C=O) groups excluding carboxylic acids is 2. The Labute approximate surface area is 250 Å². The molecule has 1 unspecified atom stereocenters. The van der Waals surface area contributed by atoms with Gasteiger partial charge >= 0.3 is 0 Å². The molecule has 0 spiro atoms. The number of carbonyl (C=O) groups is 2. The van der Waals surface area contributed by atoms with Crippen LogP contribution in [0.25, 0.3) is 0 Å². The Morgan fingerprint density at radius 1 is 0.950 bits per heavy atom. The van der Waals surface area contributed by atoms with Crippen LogP contribution in [-0.4, -0.2) is 79.5 Å². The van der Waals surface area contributed by atoms with E-state index in [-0.39, 0.29) is 29.4 Å². The molecule has 0 N–H and O–H groups in total. The van der Waals surface area contributed by atoms with Crippen molar-refractivity contribution in [2.75, 3.05) is 46.9 Å². The Hall–Kier alpha value is -1.34. The summed E-state index contributed by atoms with van der Waals surface area (Å²) in [6.07, 6.45) is 13.0. The van der Waals surface area contributed by atoms with Crippen molar-refractivity contribution in [1.29, 1.82) is 0 Å². The lowest BCUT2D eigenvalue weighted by atomic mass is 9.63. The average molecular weight is 593 g/mol. The minimum Gasteiger partial charge on any atom is -0.374 e. The van der Waals surface area contributed by atoms with Crippen molar-refractivity contribution in [3.8, 4) is 0 Å². The quantitative estimate of drug-likeness (QED) is 0.359. The maximum Gasteiger partial charge on any atom is 0.228 e. The third-order valence-corrected chi connectivity index (χ3v) is 11.1. The first-order valence-corrected chi connectivity index (χ1v) is 16.4. The van der Waals surface area contributed by atoms with Gasteiger partial charge in [0.1, 0.15) is 0 Å². The summed E-state index contributed by atoms with van der Waals surface area (Å²) in [7, 11) is 3.84. The molecule has 2 saturated heterocycles. The third kappa shape index (κ3) is 6.35. The van der Waals surface area contributed by atoms with Gasteiger partial charge in [0, 0.05) is 33.1 Å². The number of hydrogen-bond donors (Lipinski definition) is 0. The molecule has 5 rings (SSSR count). The number of likely N-dealkylation sites (tertiary alicyclic amines) is 1. The molecule has 0 bridgehead atoms. The predicted molar refractivity (Wildman–Crippen MR) is 161 cm³/mol. The molecular weight excluding hydrogens is 545 g/mol. The van der Waals surface area contributed by atoms with Gasteiger partial charge in [-0.15, -0.1) is 0 Å². The predicted octanol–water partition coefficient (Wildman–Crippen LogP) is 6.59. The van der Waals surface area contributed by atoms with Gasteiger partial charge in [0.25, 0.3) is 0 Å². The SMILES string of the molecule is CN(C)C(=O)C1(C2CCCCC2)CCN(CC[C@H]2OCCN(C(=O)C3CCCC3)C2c2ccc(Cl)c(Cl)c2)CC1. The van der Waals surface area contributed by atoms with Crippen molar-refractivity contribution in [1.82, 2.24) is 14.7 Å². The molecule has 8 heteroatoms. The largest absolute Gasteiger partial charge is 0.374 e. The standard InChI is InChI=1S/C32H47Cl2N3O3/c1-35(2)31(39)32(25-10-4-3-5-11-25)15-18-36(19-16-32)17-14-28-29(24-12-13-26(33)27(34)22-24)37(20-21-40-28)30(38)23-8-6-7-9-23/h12-13,22-23,25,28-29H,3-11,14-21H2,1-2H3/t28-,29?/m1/s1. The fourth-order valence-corrected chi connectivity index (χ4v) is 8.41. The summed E-state index contributed by atoms with van der Waals surface area (Å²) in [5.41, 5.74) is 0.784. The molecule has 2 aliphatic heterocycles. The molecule has 4 aliphatic rings. The van der Waals surface area contributed by atoms with Crippen molar-refractivity contribution in [2.45, 2.75) is 89.2 Å². The van der Waals surface area contributed by atoms with E-state index in [0.717, 1.165) is 70.1 Å². The van der Waals surface area contributed by atoms with Gasteiger partial charge in [0.2, 0.25) is 11.8 Å². The zero-order valence-electron chi connectivity index (χ0n) is 24.4. The van der Waals surface area contributed by atoms with E-state index in [1.54, 1.807) is 0 Å². The van der Waals surface area contributed by atoms with Crippen molar-refractivity contribution >= 4 is 35.0 Å². The van der Waals surface area contributed by atoms with Crippen LogP contribution in [0.4, 0.5) is 0 Å². The number of ether oxygens (including phenoxy) is 1. The number of morpholine rings is 1. The lowest BCUT2D eigenvalue weighted by Gasteiger charge is -2.48. The van der Waals surface area contributed by atoms with Crippen molar-refractivity contribution in [3.63, 3.8) is 0 Å². The van der Waals surface area contributed by atoms with E-state index in [2.05, 4.69) is 9.80 Å². The summed E-state index contributed by atoms with van der Waals surface area (Å²) in [4.78, 5) is 33.6. The number of hydrogen-bond acceptors (Lipinski definition) is 4. The normalized spacial score (nSPS) is 26.6. The van der Waals surface area contributed by atoms with E-state index in [0.29, 0.717) is 35.0 Å². The highest BCUT2D eigenvalue weighted by atomic mass is 35.5. The zero-order chi connectivity index (χ0) is 28.3. The molecule has 6 nitrogen and oxygen atoms in total. The van der Waals surface area contributed by atoms with Crippen LogP contribution in [0.2, 0.25) is 10.0 Å². The molecule has 4 fully saturated rings. The Morgan fingerprint density at radius 2 is 1.62 bits per heavy atom. The van der Waals surface area contributed by atoms with E-state index >= 15 is 0 Å². The fourth-order valence-electron chi connectivity index (χ4n) is 8.10. The smallest absolute Gasteiger partial charge is 0.228 e. The van der Waals surface area contributed by atoms with E-state index in [1.807, 2.05) is 37.2 Å². The number of benzene rings is 1. The first kappa shape index (κ1) is 30.1. The Kier molecular flexibility index (Phi) is 10.0. The summed E-state index contributed by atoms with van der Waals surface area (Å²) in [6, 6.07) is 5.58. The van der Waals surface area contributed by atoms with Gasteiger partial charge in [-0.1, -0.05) is 61.4 Å². The van der Waals surface area contributed by atoms with Crippen LogP contribution in [-0.2, 0) is 14.3 Å². The van der Waals surface area contributed by atoms with Gasteiger partial charge in [-0.2, -0.15) is 0 Å². The summed E-state index contributed by atoms with van der Waals surface area (Å²) < 4.78 is 6.40. The molecule has 0 radical (unpaired) electrons. The molecule has 2 amide bonds. The average Bonchev–Trinajstić information content (AvgIpc) is 3.52. The first-order chi connectivity index (χ1) is 19.3. The van der Waals surface area contributed by atoms with Gasteiger partial charge < -0.3 is 19.4 Å². The molecule has 0 aromatic heterocycles. The van der Waals surface area contributed by atoms with Gasteiger partial charge in [-0.25, -0.2) is 0 Å². The summed E-state index contributed by atoms with van der Waals surface area (Å²) in [6.45, 7) is 3.93. The van der Waals surface area contributed by atoms with E-state index < -0.39 is 0 Å². The van der Waals surface area contributed by atoms with Gasteiger partial charge in [0.05, 0.1) is 34.2 Å². The Balaban J connectivity index is 1.28. The monoisotopic (exact) mass is 591 g/mol. The van der Waals surface area contributed by atoms with Gasteiger partial charge in [0.15, 0.2) is 0 Å². The second-order valence-corrected chi connectivity index (χ2v) is 13.7. The molecule has 1 aromatic rings. The van der Waals surface area contributed by atoms with Crippen LogP contribution in [0.1, 0.15) is 88.7 Å². The molecule has 1 aromatic carbocycles. The Morgan fingerprint density at radius 3 is 2.27 bits per heavy atom. The van der Waals surface area contributed by atoms with E-state index in [4.69, 9.17) is 27.9 Å². The highest BCUT2D eigenvalue weighted by molar-refractivity contribution is 6.42. The van der Waals surface area contributed by atoms with Gasteiger partial charge in [-0.3, -0.25) is 9.59 Å². The van der Waals surface area contributed by atoms with Crippen LogP contribution >= 0.6 is 23.2 Å². The van der Waals surface area contributed by atoms with Crippen LogP contribution in [0, 0.1) is 17.3 Å². The molecule has 2 heterocycles. The fraction of sp³-hybridized carbons (Fsp3) is 0.750. The first-order valence-electron chi connectivity index (χ1n) is 15.6. The maximum atomic E-state index is 13.7. The van der Waals surface area contributed by atoms with Crippen LogP contribution in [0.15, 0.2) is 18.2 Å². The van der Waals surface area contributed by atoms with Crippen molar-refractivity contribution in [2.24, 2.45) is 17.3 Å². The number of nitrogens with zero attached hydrogens (tertiary/aromatic N) is 3. The maximum absolute atomic E-state index is 13.7. The summed E-state index contributed by atoms with van der Waals surface area (Å²) in [5, 5.41) is 1.03. The Bertz CT molecular complexity index is 1030. The number of rotatable bonds is 7. The topological polar surface area (TPSA) is 53.1 Å². The minimum atomic E-state index is -0.213. The van der Waals surface area contributed by atoms with Crippen molar-refractivity contribution < 1.29 is 14.3 Å². The number of halogens is 2. The number of piperidine rings is 1. The lowest BCUT2D eigenvalue weighted by Crippen LogP contribution is -2.53. The van der Waals surface area contributed by atoms with Crippen molar-refractivity contribution in [3.05, 3.63) is 33.8 Å². The van der Waals surface area contributed by atoms with E-state index in [1.165, 1.54) is 32.1 Å². The third-order valence-electron chi connectivity index (χ3n) is 10.3. The van der Waals surface area contributed by atoms with Gasteiger partial charge in [-0.05, 0) is 81.6 Å². The zero-order valence-corrected chi connectivity index (χ0v) is 25.9. The van der Waals surface area contributed by atoms with Crippen LogP contribution in [0.3, 0.4) is 0 Å². The molecule has 40 heavy (non-hydrogen) atoms. The summed E-state index contributed by atoms with van der Waals surface area (Å²) in [5.74, 6) is 1.22. The molecule has 2 saturated carbocycles. The lowest BCUT2D eigenvalue weighted by molar-refractivity contribution is -0.152. The second-order valence-electron chi connectivity index (χ2n) is 12.9. The number of amides is 2. The highest BCUT2D eigenvalue weighted by Gasteiger charge is 2.48. The molecular formula is C32H47Cl2N3O3. The minimum absolute atomic E-state index is 0.107. The van der Waals surface area contributed by atoms with Crippen LogP contribution < -0.4 is 0 Å². The van der Waals surface area contributed by atoms with E-state index in [9.17, 15) is 9.59 Å². The second kappa shape index (κ2) is 13.3. The molecule has 2 aliphatic carbocycles. The highest BCUT2D eigenvalue weighted by Crippen LogP contribution is 2.47.